The molecule has 1 aromatic carbocycles. The summed E-state index contributed by atoms with van der Waals surface area (Å²) in [6.07, 6.45) is 3.25. The van der Waals surface area contributed by atoms with Gasteiger partial charge < -0.3 is 14.9 Å². The fraction of sp³-hybridized carbons (Fsp3) is 0.571. The third kappa shape index (κ3) is 3.33. The minimum atomic E-state index is -0.708. The molecule has 1 aromatic rings. The van der Waals surface area contributed by atoms with Gasteiger partial charge in [0.25, 0.3) is 0 Å². The summed E-state index contributed by atoms with van der Waals surface area (Å²) < 4.78 is 0. The van der Waals surface area contributed by atoms with E-state index in [9.17, 15) is 19.5 Å². The third-order valence-electron chi connectivity index (χ3n) is 6.65. The number of rotatable bonds is 4. The molecule has 0 bridgehead atoms. The highest BCUT2D eigenvalue weighted by atomic mass is 16.4. The number of carbonyl (C=O) groups excluding carboxylic acids is 2. The van der Waals surface area contributed by atoms with Crippen molar-refractivity contribution in [3.63, 3.8) is 0 Å². The van der Waals surface area contributed by atoms with E-state index in [2.05, 4.69) is 0 Å². The molecule has 2 amide bonds. The number of carboxylic acids is 1. The normalized spacial score (nSPS) is 26.5. The number of aryl methyl sites for hydroxylation is 1. The molecule has 6 heteroatoms. The van der Waals surface area contributed by atoms with Crippen LogP contribution in [0.25, 0.3) is 0 Å². The van der Waals surface area contributed by atoms with Gasteiger partial charge in [-0.1, -0.05) is 29.8 Å². The summed E-state index contributed by atoms with van der Waals surface area (Å²) in [7, 11) is 0. The van der Waals surface area contributed by atoms with E-state index >= 15 is 0 Å². The quantitative estimate of drug-likeness (QED) is 0.881. The first-order valence-corrected chi connectivity index (χ1v) is 9.76. The molecule has 1 saturated carbocycles. The molecule has 144 valence electrons. The lowest BCUT2D eigenvalue weighted by Gasteiger charge is -2.36. The number of hydrogen-bond acceptors (Lipinski definition) is 3. The van der Waals surface area contributed by atoms with Crippen LogP contribution in [0.5, 0.6) is 0 Å². The Morgan fingerprint density at radius 2 is 1.85 bits per heavy atom. The molecule has 1 spiro atoms. The number of amides is 2. The zero-order valence-corrected chi connectivity index (χ0v) is 15.7. The van der Waals surface area contributed by atoms with Crippen molar-refractivity contribution in [2.45, 2.75) is 51.6 Å². The van der Waals surface area contributed by atoms with E-state index in [1.807, 2.05) is 36.1 Å². The van der Waals surface area contributed by atoms with Crippen LogP contribution in [-0.2, 0) is 20.9 Å². The summed E-state index contributed by atoms with van der Waals surface area (Å²) in [5.41, 5.74) is 2.12. The van der Waals surface area contributed by atoms with Crippen LogP contribution in [0.3, 0.4) is 0 Å². The Balaban J connectivity index is 1.40. The fourth-order valence-electron chi connectivity index (χ4n) is 4.71. The summed E-state index contributed by atoms with van der Waals surface area (Å²) >= 11 is 0. The summed E-state index contributed by atoms with van der Waals surface area (Å²) in [6, 6.07) is 7.66. The number of aliphatic carboxylic acids is 1. The Morgan fingerprint density at radius 1 is 1.19 bits per heavy atom. The maximum Gasteiger partial charge on any atom is 0.307 e. The number of nitrogens with zero attached hydrogens (tertiary/aromatic N) is 2. The molecule has 0 aromatic heterocycles. The van der Waals surface area contributed by atoms with Crippen LogP contribution in [0.15, 0.2) is 24.3 Å². The summed E-state index contributed by atoms with van der Waals surface area (Å²) in [5.74, 6) is -0.882. The Morgan fingerprint density at radius 3 is 2.44 bits per heavy atom. The van der Waals surface area contributed by atoms with Gasteiger partial charge in [-0.05, 0) is 43.6 Å². The van der Waals surface area contributed by atoms with Crippen molar-refractivity contribution in [3.05, 3.63) is 35.4 Å². The van der Waals surface area contributed by atoms with Crippen LogP contribution in [0.1, 0.15) is 43.2 Å². The van der Waals surface area contributed by atoms with Crippen molar-refractivity contribution in [1.29, 1.82) is 0 Å². The zero-order chi connectivity index (χ0) is 19.2. The van der Waals surface area contributed by atoms with Gasteiger partial charge in [0.15, 0.2) is 0 Å². The summed E-state index contributed by atoms with van der Waals surface area (Å²) in [6.45, 7) is 3.70. The summed E-state index contributed by atoms with van der Waals surface area (Å²) in [4.78, 5) is 40.2. The number of likely N-dealkylation sites (tertiary alicyclic amines) is 2. The molecule has 3 fully saturated rings. The van der Waals surface area contributed by atoms with Gasteiger partial charge in [0.2, 0.25) is 11.8 Å². The third-order valence-corrected chi connectivity index (χ3v) is 6.65. The SMILES string of the molecule is Cc1ccc(CN2C(=O)CCC2C(=O)N2CCC3(CC2)CC3C(=O)O)cc1. The van der Waals surface area contributed by atoms with Crippen molar-refractivity contribution >= 4 is 17.8 Å². The lowest BCUT2D eigenvalue weighted by Crippen LogP contribution is -2.49. The van der Waals surface area contributed by atoms with E-state index in [-0.39, 0.29) is 29.2 Å². The second-order valence-electron chi connectivity index (χ2n) is 8.34. The van der Waals surface area contributed by atoms with Crippen molar-refractivity contribution in [3.8, 4) is 0 Å². The lowest BCUT2D eigenvalue weighted by molar-refractivity contribution is -0.143. The molecule has 3 aliphatic rings. The monoisotopic (exact) mass is 370 g/mol. The maximum absolute atomic E-state index is 13.1. The van der Waals surface area contributed by atoms with Gasteiger partial charge in [-0.25, -0.2) is 0 Å². The van der Waals surface area contributed by atoms with Gasteiger partial charge in [0, 0.05) is 26.1 Å². The van der Waals surface area contributed by atoms with Gasteiger partial charge in [-0.2, -0.15) is 0 Å². The molecule has 2 heterocycles. The summed E-state index contributed by atoms with van der Waals surface area (Å²) in [5, 5.41) is 9.21. The van der Waals surface area contributed by atoms with E-state index in [0.29, 0.717) is 32.5 Å². The second-order valence-corrected chi connectivity index (χ2v) is 8.34. The van der Waals surface area contributed by atoms with E-state index in [1.165, 1.54) is 5.56 Å². The van der Waals surface area contributed by atoms with Gasteiger partial charge in [0.1, 0.15) is 6.04 Å². The van der Waals surface area contributed by atoms with E-state index in [4.69, 9.17) is 0 Å². The first kappa shape index (κ1) is 18.0. The number of carboxylic acid groups (broad SMARTS) is 1. The smallest absolute Gasteiger partial charge is 0.307 e. The number of carbonyl (C=O) groups is 3. The molecule has 2 saturated heterocycles. The molecule has 4 rings (SSSR count). The minimum Gasteiger partial charge on any atom is -0.481 e. The van der Waals surface area contributed by atoms with Crippen LogP contribution in [-0.4, -0.2) is 51.8 Å². The molecular weight excluding hydrogens is 344 g/mol. The van der Waals surface area contributed by atoms with Gasteiger partial charge >= 0.3 is 5.97 Å². The van der Waals surface area contributed by atoms with Crippen LogP contribution < -0.4 is 0 Å². The average Bonchev–Trinajstić information content (AvgIpc) is 3.24. The Bertz CT molecular complexity index is 765. The highest BCUT2D eigenvalue weighted by Crippen LogP contribution is 2.59. The van der Waals surface area contributed by atoms with Crippen LogP contribution in [0, 0.1) is 18.3 Å². The second kappa shape index (κ2) is 6.66. The Hall–Kier alpha value is -2.37. The number of hydrogen-bond donors (Lipinski definition) is 1. The van der Waals surface area contributed by atoms with Crippen molar-refractivity contribution in [2.75, 3.05) is 13.1 Å². The highest BCUT2D eigenvalue weighted by Gasteiger charge is 2.59. The number of piperidine rings is 1. The van der Waals surface area contributed by atoms with Crippen LogP contribution >= 0.6 is 0 Å². The van der Waals surface area contributed by atoms with Gasteiger partial charge in [-0.15, -0.1) is 0 Å². The lowest BCUT2D eigenvalue weighted by atomic mass is 9.90. The predicted molar refractivity (Wildman–Crippen MR) is 98.7 cm³/mol. The van der Waals surface area contributed by atoms with Crippen LogP contribution in [0.4, 0.5) is 0 Å². The molecule has 2 atom stereocenters. The van der Waals surface area contributed by atoms with E-state index < -0.39 is 5.97 Å². The van der Waals surface area contributed by atoms with Crippen molar-refractivity contribution < 1.29 is 19.5 Å². The first-order chi connectivity index (χ1) is 12.9. The number of benzene rings is 1. The molecule has 1 N–H and O–H groups in total. The molecule has 6 nitrogen and oxygen atoms in total. The average molecular weight is 370 g/mol. The molecule has 27 heavy (non-hydrogen) atoms. The maximum atomic E-state index is 13.1. The largest absolute Gasteiger partial charge is 0.481 e. The zero-order valence-electron chi connectivity index (χ0n) is 15.7. The minimum absolute atomic E-state index is 0.0235. The van der Waals surface area contributed by atoms with Crippen molar-refractivity contribution in [2.24, 2.45) is 11.3 Å². The Labute approximate surface area is 159 Å². The molecule has 0 radical (unpaired) electrons. The highest BCUT2D eigenvalue weighted by molar-refractivity contribution is 5.91. The Kier molecular flexibility index (Phi) is 4.44. The van der Waals surface area contributed by atoms with Crippen LogP contribution in [0.2, 0.25) is 0 Å². The topological polar surface area (TPSA) is 77.9 Å². The molecule has 2 unspecified atom stereocenters. The first-order valence-electron chi connectivity index (χ1n) is 9.76. The van der Waals surface area contributed by atoms with Gasteiger partial charge in [0.05, 0.1) is 5.92 Å². The molecule has 1 aliphatic carbocycles. The van der Waals surface area contributed by atoms with Crippen molar-refractivity contribution in [1.82, 2.24) is 9.80 Å². The fourth-order valence-corrected chi connectivity index (χ4v) is 4.71. The predicted octanol–water partition coefficient (Wildman–Crippen LogP) is 2.20. The van der Waals surface area contributed by atoms with E-state index in [1.54, 1.807) is 4.90 Å². The van der Waals surface area contributed by atoms with Gasteiger partial charge in [-0.3, -0.25) is 14.4 Å². The van der Waals surface area contributed by atoms with E-state index in [0.717, 1.165) is 24.8 Å². The standard InChI is InChI=1S/C21H26N2O4/c1-14-2-4-15(5-3-14)13-23-17(6-7-18(23)24)19(25)22-10-8-21(9-11-22)12-16(21)20(26)27/h2-5,16-17H,6-13H2,1H3,(H,26,27). The molecule has 2 aliphatic heterocycles. The molecular formula is C21H26N2O4.